The van der Waals surface area contributed by atoms with Gasteiger partial charge in [-0.25, -0.2) is 0 Å². The molecule has 1 aliphatic rings. The van der Waals surface area contributed by atoms with Crippen LogP contribution in [0.1, 0.15) is 46.8 Å². The Balaban J connectivity index is 1.50. The first kappa shape index (κ1) is 18.6. The number of nitrogens with zero attached hydrogens (tertiary/aromatic N) is 2. The van der Waals surface area contributed by atoms with Crippen molar-refractivity contribution in [3.63, 3.8) is 0 Å². The summed E-state index contributed by atoms with van der Waals surface area (Å²) >= 11 is 5.95. The van der Waals surface area contributed by atoms with Crippen molar-refractivity contribution in [3.05, 3.63) is 76.6 Å². The number of aromatic nitrogens is 2. The third-order valence-corrected chi connectivity index (χ3v) is 5.55. The molecule has 0 spiro atoms. The molecule has 0 bridgehead atoms. The Morgan fingerprint density at radius 2 is 1.86 bits per heavy atom. The topological polar surface area (TPSA) is 59.0 Å². The number of carbonyl (C=O) groups excluding carboxylic acids is 1. The summed E-state index contributed by atoms with van der Waals surface area (Å²) < 4.78 is 1.67. The molecule has 0 saturated heterocycles. The van der Waals surface area contributed by atoms with Crippen molar-refractivity contribution in [3.8, 4) is 0 Å². The molecule has 1 aromatic heterocycles. The predicted molar refractivity (Wildman–Crippen MR) is 113 cm³/mol. The second kappa shape index (κ2) is 8.07. The van der Waals surface area contributed by atoms with E-state index in [1.165, 1.54) is 6.42 Å². The summed E-state index contributed by atoms with van der Waals surface area (Å²) in [4.78, 5) is 13.0. The zero-order chi connectivity index (χ0) is 19.5. The van der Waals surface area contributed by atoms with Crippen LogP contribution in [0, 0.1) is 0 Å². The van der Waals surface area contributed by atoms with Gasteiger partial charge in [-0.2, -0.15) is 5.10 Å². The Morgan fingerprint density at radius 1 is 1.14 bits per heavy atom. The van der Waals surface area contributed by atoms with Crippen molar-refractivity contribution in [2.45, 2.75) is 31.7 Å². The number of aryl methyl sites for hydroxylation is 1. The number of amides is 1. The Labute approximate surface area is 169 Å². The molecule has 28 heavy (non-hydrogen) atoms. The maximum Gasteiger partial charge on any atom is 0.274 e. The van der Waals surface area contributed by atoms with Crippen LogP contribution in [0.4, 0.5) is 11.4 Å². The molecule has 2 N–H and O–H groups in total. The van der Waals surface area contributed by atoms with Gasteiger partial charge in [0.25, 0.3) is 5.91 Å². The zero-order valence-corrected chi connectivity index (χ0v) is 16.5. The summed E-state index contributed by atoms with van der Waals surface area (Å²) in [7, 11) is 1.82. The number of carbonyl (C=O) groups is 1. The van der Waals surface area contributed by atoms with E-state index in [-0.39, 0.29) is 5.91 Å². The van der Waals surface area contributed by atoms with Crippen molar-refractivity contribution in [2.75, 3.05) is 10.6 Å². The van der Waals surface area contributed by atoms with Gasteiger partial charge in [-0.1, -0.05) is 42.3 Å². The molecule has 3 aromatic rings. The van der Waals surface area contributed by atoms with Gasteiger partial charge in [0.15, 0.2) is 0 Å². The molecular formula is C22H23ClN4O. The van der Waals surface area contributed by atoms with E-state index >= 15 is 0 Å². The van der Waals surface area contributed by atoms with Crippen LogP contribution in [-0.2, 0) is 13.6 Å². The van der Waals surface area contributed by atoms with Gasteiger partial charge < -0.3 is 10.6 Å². The Kier molecular flexibility index (Phi) is 5.35. The average Bonchev–Trinajstić information content (AvgIpc) is 3.02. The molecule has 0 atom stereocenters. The second-order valence-electron chi connectivity index (χ2n) is 7.18. The number of halogens is 1. The number of para-hydroxylation sites is 2. The smallest absolute Gasteiger partial charge is 0.274 e. The second-order valence-corrected chi connectivity index (χ2v) is 7.62. The minimum atomic E-state index is -0.123. The molecule has 2 aromatic carbocycles. The van der Waals surface area contributed by atoms with E-state index in [4.69, 9.17) is 11.6 Å². The summed E-state index contributed by atoms with van der Waals surface area (Å²) in [5, 5.41) is 11.5. The van der Waals surface area contributed by atoms with E-state index in [2.05, 4.69) is 15.7 Å². The maximum atomic E-state index is 13.0. The van der Waals surface area contributed by atoms with Gasteiger partial charge >= 0.3 is 0 Å². The van der Waals surface area contributed by atoms with Crippen molar-refractivity contribution < 1.29 is 4.79 Å². The molecule has 1 amide bonds. The molecule has 1 heterocycles. The third-order valence-electron chi connectivity index (χ3n) is 5.30. The van der Waals surface area contributed by atoms with Crippen molar-refractivity contribution in [2.24, 2.45) is 7.05 Å². The monoisotopic (exact) mass is 394 g/mol. The van der Waals surface area contributed by atoms with Crippen molar-refractivity contribution >= 4 is 28.9 Å². The molecule has 0 aliphatic heterocycles. The van der Waals surface area contributed by atoms with Crippen LogP contribution in [0.25, 0.3) is 0 Å². The lowest BCUT2D eigenvalue weighted by Gasteiger charge is -2.25. The molecule has 0 unspecified atom stereocenters. The largest absolute Gasteiger partial charge is 0.379 e. The Morgan fingerprint density at radius 3 is 2.54 bits per heavy atom. The Hall–Kier alpha value is -2.79. The molecule has 6 heteroatoms. The quantitative estimate of drug-likeness (QED) is 0.603. The molecule has 4 rings (SSSR count). The van der Waals surface area contributed by atoms with Crippen LogP contribution in [0.5, 0.6) is 0 Å². The van der Waals surface area contributed by atoms with Gasteiger partial charge in [0.05, 0.1) is 17.6 Å². The number of hydrogen-bond donors (Lipinski definition) is 2. The van der Waals surface area contributed by atoms with E-state index in [1.54, 1.807) is 4.68 Å². The lowest BCUT2D eigenvalue weighted by atomic mass is 9.80. The van der Waals surface area contributed by atoms with Crippen LogP contribution in [0.15, 0.2) is 54.7 Å². The molecule has 5 nitrogen and oxygen atoms in total. The summed E-state index contributed by atoms with van der Waals surface area (Å²) in [6, 6.07) is 15.4. The summed E-state index contributed by atoms with van der Waals surface area (Å²) in [6.07, 6.45) is 5.32. The normalized spacial score (nSPS) is 13.8. The van der Waals surface area contributed by atoms with Gasteiger partial charge in [-0.05, 0) is 48.6 Å². The summed E-state index contributed by atoms with van der Waals surface area (Å²) in [6.45, 7) is 0.642. The first-order valence-electron chi connectivity index (χ1n) is 9.52. The fourth-order valence-electron chi connectivity index (χ4n) is 3.48. The lowest BCUT2D eigenvalue weighted by Crippen LogP contribution is -2.21. The maximum absolute atomic E-state index is 13.0. The molecule has 1 fully saturated rings. The third kappa shape index (κ3) is 3.90. The lowest BCUT2D eigenvalue weighted by molar-refractivity contribution is 0.101. The number of hydrogen-bond acceptors (Lipinski definition) is 3. The highest BCUT2D eigenvalue weighted by Gasteiger charge is 2.27. The van der Waals surface area contributed by atoms with E-state index in [1.807, 2.05) is 61.8 Å². The highest BCUT2D eigenvalue weighted by Crippen LogP contribution is 2.38. The molecular weight excluding hydrogens is 372 g/mol. The van der Waals surface area contributed by atoms with Crippen LogP contribution in [-0.4, -0.2) is 15.7 Å². The first-order valence-corrected chi connectivity index (χ1v) is 9.90. The van der Waals surface area contributed by atoms with E-state index < -0.39 is 0 Å². The van der Waals surface area contributed by atoms with Gasteiger partial charge in [0.1, 0.15) is 5.69 Å². The SMILES string of the molecule is Cn1ncc(C2CCC2)c1C(=O)Nc1ccccc1NCc1ccc(Cl)cc1. The molecule has 0 radical (unpaired) electrons. The summed E-state index contributed by atoms with van der Waals surface area (Å²) in [5.74, 6) is 0.329. The minimum Gasteiger partial charge on any atom is -0.379 e. The minimum absolute atomic E-state index is 0.123. The summed E-state index contributed by atoms with van der Waals surface area (Å²) in [5.41, 5.74) is 4.44. The van der Waals surface area contributed by atoms with Crippen LogP contribution < -0.4 is 10.6 Å². The van der Waals surface area contributed by atoms with Crippen molar-refractivity contribution in [1.82, 2.24) is 9.78 Å². The highest BCUT2D eigenvalue weighted by atomic mass is 35.5. The zero-order valence-electron chi connectivity index (χ0n) is 15.8. The van der Waals surface area contributed by atoms with E-state index in [0.29, 0.717) is 18.2 Å². The van der Waals surface area contributed by atoms with Gasteiger partial charge in [0, 0.05) is 24.2 Å². The van der Waals surface area contributed by atoms with Gasteiger partial charge in [-0.15, -0.1) is 0 Å². The highest BCUT2D eigenvalue weighted by molar-refractivity contribution is 6.30. The van der Waals surface area contributed by atoms with Crippen LogP contribution >= 0.6 is 11.6 Å². The number of anilines is 2. The van der Waals surface area contributed by atoms with Crippen LogP contribution in [0.2, 0.25) is 5.02 Å². The molecule has 1 saturated carbocycles. The number of benzene rings is 2. The first-order chi connectivity index (χ1) is 13.6. The van der Waals surface area contributed by atoms with E-state index in [0.717, 1.165) is 40.4 Å². The van der Waals surface area contributed by atoms with Gasteiger partial charge in [0.2, 0.25) is 0 Å². The molecule has 144 valence electrons. The van der Waals surface area contributed by atoms with Gasteiger partial charge in [-0.3, -0.25) is 9.48 Å². The van der Waals surface area contributed by atoms with Crippen molar-refractivity contribution in [1.29, 1.82) is 0 Å². The fourth-order valence-corrected chi connectivity index (χ4v) is 3.60. The molecule has 1 aliphatic carbocycles. The average molecular weight is 395 g/mol. The van der Waals surface area contributed by atoms with E-state index in [9.17, 15) is 4.79 Å². The number of nitrogens with one attached hydrogen (secondary N) is 2. The Bertz CT molecular complexity index is 976. The predicted octanol–water partition coefficient (Wildman–Crippen LogP) is 5.21. The van der Waals surface area contributed by atoms with Crippen LogP contribution in [0.3, 0.4) is 0 Å². The fraction of sp³-hybridized carbons (Fsp3) is 0.273. The number of rotatable bonds is 6. The standard InChI is InChI=1S/C22H23ClN4O/c1-27-21(18(14-25-27)16-5-4-6-16)22(28)26-20-8-3-2-7-19(20)24-13-15-9-11-17(23)12-10-15/h2-3,7-12,14,16,24H,4-6,13H2,1H3,(H,26,28).